The molecule has 0 radical (unpaired) electrons. The molecule has 3 aliphatic rings. The van der Waals surface area contributed by atoms with E-state index in [1.807, 2.05) is 17.0 Å². The van der Waals surface area contributed by atoms with Gasteiger partial charge in [0.05, 0.1) is 13.2 Å². The lowest BCUT2D eigenvalue weighted by molar-refractivity contribution is -0.136. The van der Waals surface area contributed by atoms with E-state index in [2.05, 4.69) is 17.0 Å². The zero-order valence-electron chi connectivity index (χ0n) is 16.8. The van der Waals surface area contributed by atoms with Crippen LogP contribution in [0.3, 0.4) is 0 Å². The van der Waals surface area contributed by atoms with E-state index in [-0.39, 0.29) is 5.91 Å². The number of piperidine rings is 1. The molecule has 5 heteroatoms. The molecule has 1 aromatic rings. The maximum absolute atomic E-state index is 12.6. The molecule has 0 unspecified atom stereocenters. The predicted octanol–water partition coefficient (Wildman–Crippen LogP) is 3.13. The van der Waals surface area contributed by atoms with Crippen molar-refractivity contribution in [2.75, 3.05) is 39.4 Å². The molecule has 3 fully saturated rings. The molecule has 1 saturated carbocycles. The summed E-state index contributed by atoms with van der Waals surface area (Å²) in [5.74, 6) is 1.44. The third kappa shape index (κ3) is 4.57. The van der Waals surface area contributed by atoms with Crippen LogP contribution in [-0.4, -0.2) is 61.0 Å². The second-order valence-corrected chi connectivity index (χ2v) is 8.56. The second kappa shape index (κ2) is 9.08. The number of hydrogen-bond acceptors (Lipinski definition) is 3. The van der Waals surface area contributed by atoms with Crippen molar-refractivity contribution >= 4 is 11.8 Å². The van der Waals surface area contributed by atoms with Crippen LogP contribution in [0.2, 0.25) is 0 Å². The summed E-state index contributed by atoms with van der Waals surface area (Å²) in [5, 5.41) is 0. The summed E-state index contributed by atoms with van der Waals surface area (Å²) in [5.41, 5.74) is 2.06. The average Bonchev–Trinajstić information content (AvgIpc) is 3.29. The van der Waals surface area contributed by atoms with E-state index in [1.165, 1.54) is 18.4 Å². The number of nitrogens with zero attached hydrogens (tertiary/aromatic N) is 2. The van der Waals surface area contributed by atoms with Crippen molar-refractivity contribution in [1.29, 1.82) is 0 Å². The molecule has 1 aromatic carbocycles. The molecule has 0 aromatic heterocycles. The van der Waals surface area contributed by atoms with Gasteiger partial charge < -0.3 is 14.5 Å². The van der Waals surface area contributed by atoms with Crippen molar-refractivity contribution in [2.45, 2.75) is 44.9 Å². The van der Waals surface area contributed by atoms with Crippen LogP contribution in [0.4, 0.5) is 0 Å². The number of benzene rings is 1. The first-order chi connectivity index (χ1) is 13.7. The lowest BCUT2D eigenvalue weighted by Crippen LogP contribution is -2.41. The predicted molar refractivity (Wildman–Crippen MR) is 108 cm³/mol. The molecule has 5 nitrogen and oxygen atoms in total. The number of carbonyl (C=O) groups excluding carboxylic acids is 2. The van der Waals surface area contributed by atoms with Crippen molar-refractivity contribution in [3.8, 4) is 0 Å². The van der Waals surface area contributed by atoms with Crippen LogP contribution >= 0.6 is 0 Å². The average molecular weight is 385 g/mol. The Bertz CT molecular complexity index is 668. The molecule has 0 spiro atoms. The first kappa shape index (κ1) is 19.4. The van der Waals surface area contributed by atoms with Crippen LogP contribution in [0, 0.1) is 11.8 Å². The minimum atomic E-state index is 0.105. The van der Waals surface area contributed by atoms with E-state index in [0.717, 1.165) is 50.8 Å². The third-order valence-electron chi connectivity index (χ3n) is 6.65. The topological polar surface area (TPSA) is 49.9 Å². The standard InChI is InChI=1S/C23H32N2O3/c26-22(20-3-1-2-4-20)24-11-9-19(10-12-24)17-18-5-7-21(8-6-18)23(27)25-13-15-28-16-14-25/h5-8,19-20H,1-4,9-17H2. The molecule has 2 heterocycles. The Morgan fingerprint density at radius 1 is 0.857 bits per heavy atom. The number of likely N-dealkylation sites (tertiary alicyclic amines) is 1. The Labute approximate surface area is 168 Å². The molecule has 2 saturated heterocycles. The van der Waals surface area contributed by atoms with Crippen LogP contribution in [-0.2, 0) is 16.0 Å². The van der Waals surface area contributed by atoms with Gasteiger partial charge in [-0.05, 0) is 55.7 Å². The van der Waals surface area contributed by atoms with Gasteiger partial charge in [-0.2, -0.15) is 0 Å². The van der Waals surface area contributed by atoms with Gasteiger partial charge in [0.1, 0.15) is 0 Å². The van der Waals surface area contributed by atoms with Gasteiger partial charge in [-0.15, -0.1) is 0 Å². The molecular formula is C23H32N2O3. The van der Waals surface area contributed by atoms with Crippen LogP contribution in [0.25, 0.3) is 0 Å². The number of carbonyl (C=O) groups is 2. The first-order valence-electron chi connectivity index (χ1n) is 11.0. The lowest BCUT2D eigenvalue weighted by atomic mass is 9.89. The molecule has 4 rings (SSSR count). The molecule has 2 aliphatic heterocycles. The summed E-state index contributed by atoms with van der Waals surface area (Å²) in [6.45, 7) is 4.44. The molecule has 1 aliphatic carbocycles. The number of morpholine rings is 1. The fourth-order valence-corrected chi connectivity index (χ4v) is 4.85. The maximum Gasteiger partial charge on any atom is 0.254 e. The fourth-order valence-electron chi connectivity index (χ4n) is 4.85. The summed E-state index contributed by atoms with van der Waals surface area (Å²) < 4.78 is 5.32. The van der Waals surface area contributed by atoms with Gasteiger partial charge in [0, 0.05) is 37.7 Å². The zero-order valence-corrected chi connectivity index (χ0v) is 16.8. The van der Waals surface area contributed by atoms with Crippen molar-refractivity contribution < 1.29 is 14.3 Å². The lowest BCUT2D eigenvalue weighted by Gasteiger charge is -2.33. The molecule has 2 amide bonds. The smallest absolute Gasteiger partial charge is 0.254 e. The van der Waals surface area contributed by atoms with E-state index in [1.54, 1.807) is 0 Å². The highest BCUT2D eigenvalue weighted by atomic mass is 16.5. The first-order valence-corrected chi connectivity index (χ1v) is 11.0. The Kier molecular flexibility index (Phi) is 6.30. The van der Waals surface area contributed by atoms with Gasteiger partial charge in [-0.1, -0.05) is 25.0 Å². The largest absolute Gasteiger partial charge is 0.378 e. The van der Waals surface area contributed by atoms with Gasteiger partial charge >= 0.3 is 0 Å². The van der Waals surface area contributed by atoms with E-state index in [0.29, 0.717) is 44.0 Å². The number of rotatable bonds is 4. The Balaban J connectivity index is 1.26. The van der Waals surface area contributed by atoms with E-state index in [4.69, 9.17) is 4.74 Å². The molecule has 0 atom stereocenters. The van der Waals surface area contributed by atoms with E-state index >= 15 is 0 Å². The summed E-state index contributed by atoms with van der Waals surface area (Å²) >= 11 is 0. The van der Waals surface area contributed by atoms with Crippen LogP contribution in [0.1, 0.15) is 54.4 Å². The fraction of sp³-hybridized carbons (Fsp3) is 0.652. The van der Waals surface area contributed by atoms with Crippen LogP contribution < -0.4 is 0 Å². The minimum Gasteiger partial charge on any atom is -0.378 e. The van der Waals surface area contributed by atoms with Gasteiger partial charge in [0.25, 0.3) is 5.91 Å². The molecular weight excluding hydrogens is 352 g/mol. The summed E-state index contributed by atoms with van der Waals surface area (Å²) in [6.07, 6.45) is 7.84. The van der Waals surface area contributed by atoms with E-state index < -0.39 is 0 Å². The van der Waals surface area contributed by atoms with Gasteiger partial charge in [-0.3, -0.25) is 9.59 Å². The van der Waals surface area contributed by atoms with Gasteiger partial charge in [0.15, 0.2) is 0 Å². The molecule has 28 heavy (non-hydrogen) atoms. The molecule has 0 bridgehead atoms. The Morgan fingerprint density at radius 2 is 1.50 bits per heavy atom. The minimum absolute atomic E-state index is 0.105. The number of amides is 2. The third-order valence-corrected chi connectivity index (χ3v) is 6.65. The molecule has 152 valence electrons. The van der Waals surface area contributed by atoms with E-state index in [9.17, 15) is 9.59 Å². The highest BCUT2D eigenvalue weighted by molar-refractivity contribution is 5.94. The second-order valence-electron chi connectivity index (χ2n) is 8.56. The SMILES string of the molecule is O=C(c1ccc(CC2CCN(C(=O)C3CCCC3)CC2)cc1)N1CCOCC1. The van der Waals surface area contributed by atoms with Crippen molar-refractivity contribution in [3.05, 3.63) is 35.4 Å². The Hall–Kier alpha value is -1.88. The number of ether oxygens (including phenoxy) is 1. The summed E-state index contributed by atoms with van der Waals surface area (Å²) in [6, 6.07) is 8.13. The maximum atomic E-state index is 12.6. The Morgan fingerprint density at radius 3 is 2.14 bits per heavy atom. The number of hydrogen-bond donors (Lipinski definition) is 0. The summed E-state index contributed by atoms with van der Waals surface area (Å²) in [7, 11) is 0. The van der Waals surface area contributed by atoms with Gasteiger partial charge in [0.2, 0.25) is 5.91 Å². The summed E-state index contributed by atoms with van der Waals surface area (Å²) in [4.78, 5) is 29.1. The van der Waals surface area contributed by atoms with Crippen molar-refractivity contribution in [3.63, 3.8) is 0 Å². The van der Waals surface area contributed by atoms with Crippen LogP contribution in [0.5, 0.6) is 0 Å². The van der Waals surface area contributed by atoms with Gasteiger partial charge in [-0.25, -0.2) is 0 Å². The highest BCUT2D eigenvalue weighted by Gasteiger charge is 2.30. The highest BCUT2D eigenvalue weighted by Crippen LogP contribution is 2.29. The monoisotopic (exact) mass is 384 g/mol. The molecule has 0 N–H and O–H groups in total. The zero-order chi connectivity index (χ0) is 19.3. The van der Waals surface area contributed by atoms with Crippen molar-refractivity contribution in [2.24, 2.45) is 11.8 Å². The van der Waals surface area contributed by atoms with Crippen LogP contribution in [0.15, 0.2) is 24.3 Å². The quantitative estimate of drug-likeness (QED) is 0.801. The normalized spacial score (nSPS) is 21.9. The van der Waals surface area contributed by atoms with Crippen molar-refractivity contribution in [1.82, 2.24) is 9.80 Å².